The van der Waals surface area contributed by atoms with Gasteiger partial charge in [-0.25, -0.2) is 20.2 Å². The van der Waals surface area contributed by atoms with E-state index in [-0.39, 0.29) is 0 Å². The maximum absolute atomic E-state index is 10.1. The fourth-order valence-electron chi connectivity index (χ4n) is 0.694. The van der Waals surface area contributed by atoms with Crippen LogP contribution in [0.25, 0.3) is 0 Å². The second kappa shape index (κ2) is 3.76. The zero-order chi connectivity index (χ0) is 11.5. The smallest absolute Gasteiger partial charge is 0.311 e. The molecule has 0 amide bonds. The topological polar surface area (TPSA) is 180 Å². The number of nitrogens with zero attached hydrogens (tertiary/aromatic N) is 5. The summed E-state index contributed by atoms with van der Waals surface area (Å²) in [5.41, 5.74) is 4.31. The highest BCUT2D eigenvalue weighted by atomic mass is 16.7. The van der Waals surface area contributed by atoms with Crippen molar-refractivity contribution in [2.75, 3.05) is 0 Å². The molecule has 0 aliphatic carbocycles. The first-order valence-electron chi connectivity index (χ1n) is 3.25. The normalized spacial score (nSPS) is 23.4. The highest BCUT2D eigenvalue weighted by molar-refractivity contribution is 5.80. The minimum atomic E-state index is -2.25. The Morgan fingerprint density at radius 2 is 2.00 bits per heavy atom. The average Bonchev–Trinajstić information content (AvgIpc) is 2.47. The van der Waals surface area contributed by atoms with E-state index in [4.69, 9.17) is 5.21 Å². The molecular formula is C2H4N8O5. The van der Waals surface area contributed by atoms with Gasteiger partial charge in [0.15, 0.2) is 10.1 Å². The van der Waals surface area contributed by atoms with Gasteiger partial charge in [0.05, 0.1) is 0 Å². The van der Waals surface area contributed by atoms with Crippen molar-refractivity contribution >= 4 is 5.96 Å². The Morgan fingerprint density at radius 3 is 2.47 bits per heavy atom. The van der Waals surface area contributed by atoms with Crippen molar-refractivity contribution in [2.24, 2.45) is 15.2 Å². The van der Waals surface area contributed by atoms with Crippen LogP contribution in [0.3, 0.4) is 0 Å². The van der Waals surface area contributed by atoms with E-state index in [2.05, 4.69) is 15.2 Å². The molecule has 0 fully saturated rings. The number of hydroxylamine groups is 1. The van der Waals surface area contributed by atoms with Crippen LogP contribution in [0.15, 0.2) is 15.2 Å². The number of guanidine groups is 1. The van der Waals surface area contributed by atoms with Gasteiger partial charge in [0.2, 0.25) is 0 Å². The standard InChI is InChI=1S/C2H4N8O5/c11-8-2(7-10(14)15)3-1(4-6-2)5-9(12)13/h7-8,11H,(H,3,5). The van der Waals surface area contributed by atoms with E-state index >= 15 is 0 Å². The molecule has 1 rings (SSSR count). The van der Waals surface area contributed by atoms with E-state index in [1.54, 1.807) is 0 Å². The number of hydrazine groups is 2. The molecule has 1 heterocycles. The number of nitro groups is 2. The third-order valence-corrected chi connectivity index (χ3v) is 1.15. The summed E-state index contributed by atoms with van der Waals surface area (Å²) in [5, 5.41) is 32.7. The van der Waals surface area contributed by atoms with E-state index in [0.717, 1.165) is 0 Å². The Bertz CT molecular complexity index is 349. The summed E-state index contributed by atoms with van der Waals surface area (Å²) in [6, 6.07) is 0. The summed E-state index contributed by atoms with van der Waals surface area (Å²) in [4.78, 5) is 23.3. The molecule has 0 bridgehead atoms. The lowest BCUT2D eigenvalue weighted by Gasteiger charge is -2.13. The zero-order valence-corrected chi connectivity index (χ0v) is 6.82. The van der Waals surface area contributed by atoms with Gasteiger partial charge in [-0.1, -0.05) is 10.9 Å². The van der Waals surface area contributed by atoms with E-state index in [0.29, 0.717) is 0 Å². The van der Waals surface area contributed by atoms with Gasteiger partial charge in [-0.05, 0) is 0 Å². The molecule has 82 valence electrons. The van der Waals surface area contributed by atoms with Crippen LogP contribution in [-0.2, 0) is 0 Å². The highest BCUT2D eigenvalue weighted by Gasteiger charge is 2.39. The molecule has 15 heavy (non-hydrogen) atoms. The number of aliphatic imine (C=N–C) groups is 1. The molecule has 1 aliphatic heterocycles. The predicted molar refractivity (Wildman–Crippen MR) is 40.2 cm³/mol. The monoisotopic (exact) mass is 220 g/mol. The van der Waals surface area contributed by atoms with Crippen molar-refractivity contribution in [3.63, 3.8) is 0 Å². The number of rotatable bonds is 4. The molecule has 1 unspecified atom stereocenters. The van der Waals surface area contributed by atoms with Crippen LogP contribution in [0.2, 0.25) is 0 Å². The summed E-state index contributed by atoms with van der Waals surface area (Å²) < 4.78 is 0. The highest BCUT2D eigenvalue weighted by Crippen LogP contribution is 2.11. The largest absolute Gasteiger partial charge is 0.380 e. The van der Waals surface area contributed by atoms with Gasteiger partial charge >= 0.3 is 11.9 Å². The zero-order valence-electron chi connectivity index (χ0n) is 6.82. The molecule has 0 saturated heterocycles. The van der Waals surface area contributed by atoms with Gasteiger partial charge in [-0.2, -0.15) is 4.99 Å². The van der Waals surface area contributed by atoms with Crippen molar-refractivity contribution in [3.8, 4) is 0 Å². The minimum Gasteiger partial charge on any atom is -0.311 e. The first-order valence-corrected chi connectivity index (χ1v) is 3.25. The number of hydrogen-bond donors (Lipinski definition) is 4. The summed E-state index contributed by atoms with van der Waals surface area (Å²) >= 11 is 0. The average molecular weight is 220 g/mol. The molecule has 0 aromatic carbocycles. The Kier molecular flexibility index (Phi) is 2.68. The summed E-state index contributed by atoms with van der Waals surface area (Å²) in [7, 11) is 0. The fourth-order valence-corrected chi connectivity index (χ4v) is 0.694. The number of nitrogens with one attached hydrogen (secondary N) is 3. The van der Waals surface area contributed by atoms with Gasteiger partial charge in [0.1, 0.15) is 0 Å². The molecule has 0 spiro atoms. The Balaban J connectivity index is 2.79. The quantitative estimate of drug-likeness (QED) is 0.237. The van der Waals surface area contributed by atoms with Crippen molar-refractivity contribution in [2.45, 2.75) is 5.91 Å². The van der Waals surface area contributed by atoms with Crippen LogP contribution < -0.4 is 16.3 Å². The molecule has 0 radical (unpaired) electrons. The number of hydrogen-bond acceptors (Lipinski definition) is 9. The van der Waals surface area contributed by atoms with Crippen molar-refractivity contribution in [1.82, 2.24) is 16.3 Å². The first-order chi connectivity index (χ1) is 6.97. The van der Waals surface area contributed by atoms with E-state index in [1.807, 2.05) is 0 Å². The van der Waals surface area contributed by atoms with Crippen molar-refractivity contribution in [1.29, 1.82) is 0 Å². The van der Waals surface area contributed by atoms with E-state index in [9.17, 15) is 20.2 Å². The van der Waals surface area contributed by atoms with Gasteiger partial charge < -0.3 is 5.21 Å². The molecule has 13 nitrogen and oxygen atoms in total. The van der Waals surface area contributed by atoms with Crippen LogP contribution in [0.1, 0.15) is 0 Å². The first kappa shape index (κ1) is 10.7. The number of azo groups is 1. The van der Waals surface area contributed by atoms with Gasteiger partial charge in [0, 0.05) is 0 Å². The van der Waals surface area contributed by atoms with Crippen LogP contribution in [0, 0.1) is 20.2 Å². The Hall–Kier alpha value is -2.41. The van der Waals surface area contributed by atoms with Crippen LogP contribution in [-0.4, -0.2) is 27.1 Å². The van der Waals surface area contributed by atoms with Crippen LogP contribution in [0.5, 0.6) is 0 Å². The summed E-state index contributed by atoms with van der Waals surface area (Å²) in [5.74, 6) is -2.85. The Labute approximate surface area is 80.1 Å². The minimum absolute atomic E-state index is 0.601. The lowest BCUT2D eigenvalue weighted by molar-refractivity contribution is -0.563. The lowest BCUT2D eigenvalue weighted by atomic mass is 10.7. The van der Waals surface area contributed by atoms with Crippen molar-refractivity contribution in [3.05, 3.63) is 20.2 Å². The fraction of sp³-hybridized carbons (Fsp3) is 0.500. The molecule has 1 aliphatic rings. The van der Waals surface area contributed by atoms with Gasteiger partial charge in [-0.15, -0.1) is 15.7 Å². The lowest BCUT2D eigenvalue weighted by Crippen LogP contribution is -2.54. The molecule has 0 aromatic rings. The second-order valence-corrected chi connectivity index (χ2v) is 2.16. The molecule has 0 saturated carbocycles. The summed E-state index contributed by atoms with van der Waals surface area (Å²) in [6.45, 7) is 0. The third-order valence-electron chi connectivity index (χ3n) is 1.15. The molecule has 13 heteroatoms. The molecule has 4 N–H and O–H groups in total. The van der Waals surface area contributed by atoms with Gasteiger partial charge in [0.25, 0.3) is 0 Å². The maximum Gasteiger partial charge on any atom is 0.380 e. The van der Waals surface area contributed by atoms with E-state index < -0.39 is 21.9 Å². The predicted octanol–water partition coefficient (Wildman–Crippen LogP) is -2.04. The second-order valence-electron chi connectivity index (χ2n) is 2.16. The Morgan fingerprint density at radius 1 is 1.33 bits per heavy atom. The molecule has 0 aromatic heterocycles. The van der Waals surface area contributed by atoms with Crippen LogP contribution in [0.4, 0.5) is 0 Å². The van der Waals surface area contributed by atoms with E-state index in [1.165, 1.54) is 16.3 Å². The van der Waals surface area contributed by atoms with Crippen LogP contribution >= 0.6 is 0 Å². The summed E-state index contributed by atoms with van der Waals surface area (Å²) in [6.07, 6.45) is 0. The molecular weight excluding hydrogens is 216 g/mol. The molecule has 1 atom stereocenters. The third kappa shape index (κ3) is 2.51. The van der Waals surface area contributed by atoms with Crippen molar-refractivity contribution < 1.29 is 15.3 Å². The van der Waals surface area contributed by atoms with Gasteiger partial charge in [-0.3, -0.25) is 0 Å². The maximum atomic E-state index is 10.1. The SMILES string of the molecule is O=[N+]([O-])NC1=NC(NO)(N[N+](=O)[O-])N=N1.